The molecule has 3 aromatic carbocycles. The minimum atomic E-state index is -0.281. The molecule has 0 fully saturated rings. The van der Waals surface area contributed by atoms with Crippen molar-refractivity contribution in [2.45, 2.75) is 39.3 Å². The van der Waals surface area contributed by atoms with E-state index >= 15 is 0 Å². The normalized spacial score (nSPS) is 11.1. The van der Waals surface area contributed by atoms with Crippen LogP contribution in [-0.2, 0) is 18.5 Å². The molecule has 0 saturated carbocycles. The van der Waals surface area contributed by atoms with Gasteiger partial charge in [-0.05, 0) is 64.6 Å². The Hall–Kier alpha value is -3.80. The molecule has 32 heavy (non-hydrogen) atoms. The molecule has 0 bridgehead atoms. The third-order valence-corrected chi connectivity index (χ3v) is 5.10. The molecule has 4 N–H and O–H groups in total. The second-order valence-corrected chi connectivity index (χ2v) is 8.75. The van der Waals surface area contributed by atoms with Gasteiger partial charge in [-0.25, -0.2) is 0 Å². The zero-order valence-electron chi connectivity index (χ0n) is 18.5. The van der Waals surface area contributed by atoms with Crippen LogP contribution in [0, 0.1) is 0 Å². The van der Waals surface area contributed by atoms with Crippen LogP contribution >= 0.6 is 0 Å². The molecular formula is C26H28N2O4. The number of amides is 2. The van der Waals surface area contributed by atoms with E-state index in [4.69, 9.17) is 0 Å². The van der Waals surface area contributed by atoms with Crippen molar-refractivity contribution in [3.63, 3.8) is 0 Å². The van der Waals surface area contributed by atoms with Crippen molar-refractivity contribution in [1.29, 1.82) is 0 Å². The Morgan fingerprint density at radius 3 is 1.41 bits per heavy atom. The Morgan fingerprint density at radius 2 is 1.06 bits per heavy atom. The van der Waals surface area contributed by atoms with Gasteiger partial charge in [0.1, 0.15) is 11.5 Å². The molecule has 0 aliphatic carbocycles. The predicted molar refractivity (Wildman–Crippen MR) is 124 cm³/mol. The number of phenols is 2. The fraction of sp³-hybridized carbons (Fsp3) is 0.231. The third kappa shape index (κ3) is 6.11. The quantitative estimate of drug-likeness (QED) is 0.468. The molecule has 166 valence electrons. The monoisotopic (exact) mass is 432 g/mol. The Balaban J connectivity index is 1.77. The van der Waals surface area contributed by atoms with Crippen LogP contribution in [0.25, 0.3) is 0 Å². The first-order valence-electron chi connectivity index (χ1n) is 10.4. The summed E-state index contributed by atoms with van der Waals surface area (Å²) in [5, 5.41) is 24.5. The Morgan fingerprint density at radius 1 is 0.688 bits per heavy atom. The number of rotatable bonds is 6. The van der Waals surface area contributed by atoms with Gasteiger partial charge in [-0.1, -0.05) is 45.0 Å². The lowest BCUT2D eigenvalue weighted by Crippen LogP contribution is -2.27. The summed E-state index contributed by atoms with van der Waals surface area (Å²) >= 11 is 0. The number of phenolic OH excluding ortho intramolecular Hbond substituents is 2. The van der Waals surface area contributed by atoms with Gasteiger partial charge in [-0.3, -0.25) is 9.59 Å². The highest BCUT2D eigenvalue weighted by atomic mass is 16.3. The van der Waals surface area contributed by atoms with Crippen LogP contribution in [0.3, 0.4) is 0 Å². The number of hydrogen-bond donors (Lipinski definition) is 4. The molecule has 0 spiro atoms. The van der Waals surface area contributed by atoms with Gasteiger partial charge < -0.3 is 20.8 Å². The molecule has 6 nitrogen and oxygen atoms in total. The Bertz CT molecular complexity index is 1020. The zero-order chi connectivity index (χ0) is 23.3. The molecule has 0 atom stereocenters. The van der Waals surface area contributed by atoms with Crippen LogP contribution in [0.1, 0.15) is 58.2 Å². The van der Waals surface area contributed by atoms with Gasteiger partial charge in [0.15, 0.2) is 0 Å². The molecular weight excluding hydrogens is 404 g/mol. The molecule has 3 aromatic rings. The molecule has 0 aliphatic rings. The van der Waals surface area contributed by atoms with Crippen molar-refractivity contribution in [3.05, 3.63) is 94.5 Å². The second kappa shape index (κ2) is 9.56. The van der Waals surface area contributed by atoms with E-state index in [2.05, 4.69) is 10.6 Å². The third-order valence-electron chi connectivity index (χ3n) is 5.10. The summed E-state index contributed by atoms with van der Waals surface area (Å²) in [6.45, 7) is 6.69. The molecule has 6 heteroatoms. The number of benzene rings is 3. The first kappa shape index (κ1) is 22.9. The first-order valence-corrected chi connectivity index (χ1v) is 10.4. The summed E-state index contributed by atoms with van der Waals surface area (Å²) in [5.74, 6) is -0.227. The van der Waals surface area contributed by atoms with Crippen molar-refractivity contribution in [1.82, 2.24) is 10.6 Å². The average Bonchev–Trinajstić information content (AvgIpc) is 2.77. The van der Waals surface area contributed by atoms with Crippen molar-refractivity contribution < 1.29 is 19.8 Å². The predicted octanol–water partition coefficient (Wildman–Crippen LogP) is 4.26. The lowest BCUT2D eigenvalue weighted by Gasteiger charge is -2.21. The van der Waals surface area contributed by atoms with E-state index in [9.17, 15) is 19.8 Å². The van der Waals surface area contributed by atoms with Crippen LogP contribution in [0.15, 0.2) is 66.7 Å². The molecule has 0 saturated heterocycles. The van der Waals surface area contributed by atoms with Gasteiger partial charge in [-0.15, -0.1) is 0 Å². The molecule has 3 rings (SSSR count). The minimum absolute atomic E-state index is 0.168. The van der Waals surface area contributed by atoms with Crippen molar-refractivity contribution in [3.8, 4) is 11.5 Å². The zero-order valence-corrected chi connectivity index (χ0v) is 18.5. The van der Waals surface area contributed by atoms with Gasteiger partial charge in [0.25, 0.3) is 11.8 Å². The smallest absolute Gasteiger partial charge is 0.251 e. The topological polar surface area (TPSA) is 98.7 Å². The summed E-state index contributed by atoms with van der Waals surface area (Å²) in [4.78, 5) is 25.7. The van der Waals surface area contributed by atoms with Gasteiger partial charge in [0.2, 0.25) is 0 Å². The Kier molecular flexibility index (Phi) is 6.83. The number of carbonyl (C=O) groups is 2. The standard InChI is InChI=1S/C26H28N2O4/c1-26(2,3)21-13-19(24(31)27-15-17-4-8-22(29)9-5-17)12-20(14-21)25(32)28-16-18-6-10-23(30)11-7-18/h4-14,29-30H,15-16H2,1-3H3,(H,27,31)(H,28,32). The van der Waals surface area contributed by atoms with Crippen molar-refractivity contribution >= 4 is 11.8 Å². The van der Waals surface area contributed by atoms with E-state index < -0.39 is 0 Å². The molecule has 0 radical (unpaired) electrons. The van der Waals surface area contributed by atoms with E-state index in [0.717, 1.165) is 16.7 Å². The second-order valence-electron chi connectivity index (χ2n) is 8.75. The van der Waals surface area contributed by atoms with E-state index in [-0.39, 0.29) is 28.7 Å². The van der Waals surface area contributed by atoms with E-state index in [1.54, 1.807) is 54.6 Å². The van der Waals surface area contributed by atoms with Crippen LogP contribution in [0.5, 0.6) is 11.5 Å². The van der Waals surface area contributed by atoms with Crippen LogP contribution in [0.4, 0.5) is 0 Å². The molecule has 0 heterocycles. The maximum Gasteiger partial charge on any atom is 0.251 e. The first-order chi connectivity index (χ1) is 15.1. The number of nitrogens with one attached hydrogen (secondary N) is 2. The molecule has 0 unspecified atom stereocenters. The largest absolute Gasteiger partial charge is 0.508 e. The highest BCUT2D eigenvalue weighted by molar-refractivity contribution is 6.00. The lowest BCUT2D eigenvalue weighted by molar-refractivity contribution is 0.0950. The fourth-order valence-corrected chi connectivity index (χ4v) is 3.12. The van der Waals surface area contributed by atoms with E-state index in [0.29, 0.717) is 24.2 Å². The maximum absolute atomic E-state index is 12.8. The van der Waals surface area contributed by atoms with Crippen LogP contribution < -0.4 is 10.6 Å². The summed E-state index contributed by atoms with van der Waals surface area (Å²) in [7, 11) is 0. The van der Waals surface area contributed by atoms with Gasteiger partial charge >= 0.3 is 0 Å². The lowest BCUT2D eigenvalue weighted by atomic mass is 9.85. The number of aromatic hydroxyl groups is 2. The van der Waals surface area contributed by atoms with Gasteiger partial charge in [-0.2, -0.15) is 0 Å². The highest BCUT2D eigenvalue weighted by Crippen LogP contribution is 2.25. The summed E-state index contributed by atoms with van der Waals surface area (Å²) < 4.78 is 0. The summed E-state index contributed by atoms with van der Waals surface area (Å²) in [6.07, 6.45) is 0. The minimum Gasteiger partial charge on any atom is -0.508 e. The summed E-state index contributed by atoms with van der Waals surface area (Å²) in [6, 6.07) is 18.4. The van der Waals surface area contributed by atoms with Crippen LogP contribution in [-0.4, -0.2) is 22.0 Å². The average molecular weight is 433 g/mol. The fourth-order valence-electron chi connectivity index (χ4n) is 3.12. The molecule has 0 aliphatic heterocycles. The molecule has 2 amide bonds. The van der Waals surface area contributed by atoms with Gasteiger partial charge in [0.05, 0.1) is 0 Å². The Labute approximate surface area is 187 Å². The highest BCUT2D eigenvalue weighted by Gasteiger charge is 2.20. The maximum atomic E-state index is 12.8. The van der Waals surface area contributed by atoms with Crippen molar-refractivity contribution in [2.75, 3.05) is 0 Å². The number of hydrogen-bond acceptors (Lipinski definition) is 4. The van der Waals surface area contributed by atoms with Gasteiger partial charge in [0, 0.05) is 24.2 Å². The van der Waals surface area contributed by atoms with E-state index in [1.807, 2.05) is 32.9 Å². The van der Waals surface area contributed by atoms with Crippen molar-refractivity contribution in [2.24, 2.45) is 0 Å². The van der Waals surface area contributed by atoms with Crippen LogP contribution in [0.2, 0.25) is 0 Å². The molecule has 0 aromatic heterocycles. The SMILES string of the molecule is CC(C)(C)c1cc(C(=O)NCc2ccc(O)cc2)cc(C(=O)NCc2ccc(O)cc2)c1. The van der Waals surface area contributed by atoms with E-state index in [1.165, 1.54) is 0 Å². The number of carbonyl (C=O) groups excluding carboxylic acids is 2. The summed E-state index contributed by atoms with van der Waals surface area (Å²) in [5.41, 5.74) is 3.16.